The van der Waals surface area contributed by atoms with Gasteiger partial charge in [0.25, 0.3) is 0 Å². The van der Waals surface area contributed by atoms with Gasteiger partial charge in [-0.1, -0.05) is 13.8 Å². The van der Waals surface area contributed by atoms with Gasteiger partial charge in [0, 0.05) is 30.6 Å². The first-order valence-electron chi connectivity index (χ1n) is 6.82. The molecule has 1 aromatic carbocycles. The van der Waals surface area contributed by atoms with Crippen LogP contribution in [0.2, 0.25) is 0 Å². The number of hydrogen-bond acceptors (Lipinski definition) is 3. The summed E-state index contributed by atoms with van der Waals surface area (Å²) >= 11 is 0. The second kappa shape index (κ2) is 7.13. The first-order chi connectivity index (χ1) is 10.1. The smallest absolute Gasteiger partial charge is 0.168 e. The van der Waals surface area contributed by atoms with Gasteiger partial charge in [0.05, 0.1) is 0 Å². The van der Waals surface area contributed by atoms with Crippen molar-refractivity contribution in [2.24, 2.45) is 5.92 Å². The van der Waals surface area contributed by atoms with Gasteiger partial charge in [-0.15, -0.1) is 0 Å². The minimum absolute atomic E-state index is 0.00675. The summed E-state index contributed by atoms with van der Waals surface area (Å²) in [6.45, 7) is 5.66. The summed E-state index contributed by atoms with van der Waals surface area (Å²) in [6.07, 6.45) is 3.24. The number of rotatable bonds is 6. The predicted molar refractivity (Wildman–Crippen MR) is 77.2 cm³/mol. The van der Waals surface area contributed by atoms with Crippen LogP contribution in [0.5, 0.6) is 11.5 Å². The fourth-order valence-electron chi connectivity index (χ4n) is 1.82. The molecule has 1 heterocycles. The normalized spacial score (nSPS) is 10.9. The Morgan fingerprint density at radius 1 is 1.19 bits per heavy atom. The highest BCUT2D eigenvalue weighted by Crippen LogP contribution is 2.27. The molecule has 0 bridgehead atoms. The maximum Gasteiger partial charge on any atom is 0.168 e. The topological polar surface area (TPSA) is 34.2 Å². The molecule has 2 rings (SSSR count). The number of ether oxygens (including phenoxy) is 1. The van der Waals surface area contributed by atoms with Crippen molar-refractivity contribution in [2.45, 2.75) is 20.4 Å². The average molecular weight is 292 g/mol. The molecule has 0 amide bonds. The first kappa shape index (κ1) is 15.4. The SMILES string of the molecule is CC(C)CNCc1cnccc1Oc1ccc(F)cc1F. The van der Waals surface area contributed by atoms with Crippen LogP contribution < -0.4 is 10.1 Å². The molecule has 112 valence electrons. The number of aromatic nitrogens is 1. The van der Waals surface area contributed by atoms with Crippen molar-refractivity contribution in [1.29, 1.82) is 0 Å². The Morgan fingerprint density at radius 3 is 2.71 bits per heavy atom. The summed E-state index contributed by atoms with van der Waals surface area (Å²) in [7, 11) is 0. The number of hydrogen-bond donors (Lipinski definition) is 1. The van der Waals surface area contributed by atoms with Crippen LogP contribution in [-0.2, 0) is 6.54 Å². The Kier molecular flexibility index (Phi) is 5.22. The second-order valence-electron chi connectivity index (χ2n) is 5.18. The lowest BCUT2D eigenvalue weighted by Gasteiger charge is -2.12. The van der Waals surface area contributed by atoms with Crippen LogP contribution in [0.15, 0.2) is 36.7 Å². The Morgan fingerprint density at radius 2 is 2.00 bits per heavy atom. The molecule has 5 heteroatoms. The molecular weight excluding hydrogens is 274 g/mol. The quantitative estimate of drug-likeness (QED) is 0.877. The molecule has 0 spiro atoms. The molecule has 0 aliphatic rings. The third-order valence-corrected chi connectivity index (χ3v) is 2.84. The van der Waals surface area contributed by atoms with E-state index in [1.807, 2.05) is 0 Å². The van der Waals surface area contributed by atoms with Crippen LogP contribution in [0.3, 0.4) is 0 Å². The lowest BCUT2D eigenvalue weighted by molar-refractivity contribution is 0.429. The van der Waals surface area contributed by atoms with Gasteiger partial charge in [-0.2, -0.15) is 0 Å². The molecule has 0 unspecified atom stereocenters. The van der Waals surface area contributed by atoms with Crippen LogP contribution in [0.4, 0.5) is 8.78 Å². The molecule has 0 aliphatic heterocycles. The Hall–Kier alpha value is -2.01. The predicted octanol–water partition coefficient (Wildman–Crippen LogP) is 3.90. The first-order valence-corrected chi connectivity index (χ1v) is 6.82. The molecule has 0 fully saturated rings. The van der Waals surface area contributed by atoms with E-state index in [2.05, 4.69) is 24.1 Å². The summed E-state index contributed by atoms with van der Waals surface area (Å²) < 4.78 is 32.1. The van der Waals surface area contributed by atoms with Gasteiger partial charge in [-0.3, -0.25) is 4.98 Å². The van der Waals surface area contributed by atoms with Crippen molar-refractivity contribution in [3.63, 3.8) is 0 Å². The Balaban J connectivity index is 2.12. The summed E-state index contributed by atoms with van der Waals surface area (Å²) in [4.78, 5) is 4.05. The van der Waals surface area contributed by atoms with Gasteiger partial charge in [0.1, 0.15) is 11.6 Å². The van der Waals surface area contributed by atoms with E-state index in [4.69, 9.17) is 4.74 Å². The maximum atomic E-state index is 13.6. The highest BCUT2D eigenvalue weighted by Gasteiger charge is 2.09. The number of nitrogens with one attached hydrogen (secondary N) is 1. The van der Waals surface area contributed by atoms with E-state index in [-0.39, 0.29) is 5.75 Å². The van der Waals surface area contributed by atoms with Crippen molar-refractivity contribution < 1.29 is 13.5 Å². The van der Waals surface area contributed by atoms with E-state index in [0.29, 0.717) is 18.2 Å². The molecule has 0 atom stereocenters. The zero-order valence-electron chi connectivity index (χ0n) is 12.1. The highest BCUT2D eigenvalue weighted by atomic mass is 19.1. The molecule has 0 aliphatic carbocycles. The summed E-state index contributed by atoms with van der Waals surface area (Å²) in [5.74, 6) is -0.332. The molecule has 21 heavy (non-hydrogen) atoms. The fraction of sp³-hybridized carbons (Fsp3) is 0.312. The van der Waals surface area contributed by atoms with E-state index in [9.17, 15) is 8.78 Å². The highest BCUT2D eigenvalue weighted by molar-refractivity contribution is 5.36. The average Bonchev–Trinajstić information content (AvgIpc) is 2.43. The number of nitrogens with zero attached hydrogens (tertiary/aromatic N) is 1. The van der Waals surface area contributed by atoms with E-state index in [1.54, 1.807) is 18.5 Å². The summed E-state index contributed by atoms with van der Waals surface area (Å²) in [6, 6.07) is 4.90. The van der Waals surface area contributed by atoms with Crippen LogP contribution >= 0.6 is 0 Å². The molecule has 0 saturated heterocycles. The minimum Gasteiger partial charge on any atom is -0.454 e. The van der Waals surface area contributed by atoms with Gasteiger partial charge in [0.2, 0.25) is 0 Å². The van der Waals surface area contributed by atoms with E-state index in [1.165, 1.54) is 6.07 Å². The lowest BCUT2D eigenvalue weighted by atomic mass is 10.2. The van der Waals surface area contributed by atoms with Crippen LogP contribution in [0.1, 0.15) is 19.4 Å². The maximum absolute atomic E-state index is 13.6. The van der Waals surface area contributed by atoms with Crippen LogP contribution in [0.25, 0.3) is 0 Å². The number of benzene rings is 1. The molecule has 2 aromatic rings. The summed E-state index contributed by atoms with van der Waals surface area (Å²) in [5, 5.41) is 3.28. The standard InChI is InChI=1S/C16H18F2N2O/c1-11(2)8-20-10-12-9-19-6-5-15(12)21-16-4-3-13(17)7-14(16)18/h3-7,9,11,20H,8,10H2,1-2H3. The lowest BCUT2D eigenvalue weighted by Crippen LogP contribution is -2.19. The van der Waals surface area contributed by atoms with Gasteiger partial charge >= 0.3 is 0 Å². The van der Waals surface area contributed by atoms with Gasteiger partial charge in [-0.25, -0.2) is 8.78 Å². The fourth-order valence-corrected chi connectivity index (χ4v) is 1.82. The van der Waals surface area contributed by atoms with E-state index < -0.39 is 11.6 Å². The Labute approximate surface area is 123 Å². The summed E-state index contributed by atoms with van der Waals surface area (Å²) in [5.41, 5.74) is 0.821. The largest absolute Gasteiger partial charge is 0.454 e. The molecular formula is C16H18F2N2O. The third kappa shape index (κ3) is 4.49. The zero-order valence-corrected chi connectivity index (χ0v) is 12.1. The second-order valence-corrected chi connectivity index (χ2v) is 5.18. The Bertz CT molecular complexity index is 603. The van der Waals surface area contributed by atoms with Crippen molar-refractivity contribution in [3.8, 4) is 11.5 Å². The number of pyridine rings is 1. The van der Waals surface area contributed by atoms with Crippen molar-refractivity contribution >= 4 is 0 Å². The van der Waals surface area contributed by atoms with Crippen molar-refractivity contribution in [1.82, 2.24) is 10.3 Å². The molecule has 0 saturated carbocycles. The third-order valence-electron chi connectivity index (χ3n) is 2.84. The van der Waals surface area contributed by atoms with Gasteiger partial charge in [0.15, 0.2) is 11.6 Å². The van der Waals surface area contributed by atoms with Crippen molar-refractivity contribution in [3.05, 3.63) is 53.9 Å². The molecule has 1 N–H and O–H groups in total. The molecule has 0 radical (unpaired) electrons. The van der Waals surface area contributed by atoms with E-state index in [0.717, 1.165) is 24.2 Å². The van der Waals surface area contributed by atoms with Gasteiger partial charge in [-0.05, 0) is 30.7 Å². The minimum atomic E-state index is -0.729. The zero-order chi connectivity index (χ0) is 15.2. The van der Waals surface area contributed by atoms with Crippen molar-refractivity contribution in [2.75, 3.05) is 6.54 Å². The van der Waals surface area contributed by atoms with Gasteiger partial charge < -0.3 is 10.1 Å². The molecule has 1 aromatic heterocycles. The molecule has 3 nitrogen and oxygen atoms in total. The van der Waals surface area contributed by atoms with Crippen LogP contribution in [0, 0.1) is 17.6 Å². The number of halogens is 2. The van der Waals surface area contributed by atoms with E-state index >= 15 is 0 Å². The van der Waals surface area contributed by atoms with Crippen LogP contribution in [-0.4, -0.2) is 11.5 Å². The monoisotopic (exact) mass is 292 g/mol.